The first-order chi connectivity index (χ1) is 18.7. The van der Waals surface area contributed by atoms with Gasteiger partial charge in [-0.25, -0.2) is 9.97 Å². The number of nitrogens with one attached hydrogen (secondary N) is 2. The second-order valence-corrected chi connectivity index (χ2v) is 10.4. The van der Waals surface area contributed by atoms with Gasteiger partial charge < -0.3 is 9.72 Å². The van der Waals surface area contributed by atoms with E-state index >= 15 is 0 Å². The van der Waals surface area contributed by atoms with E-state index in [4.69, 9.17) is 9.72 Å². The number of benzene rings is 2. The number of ether oxygens (including phenoxy) is 1. The van der Waals surface area contributed by atoms with Gasteiger partial charge in [0.05, 0.1) is 17.2 Å². The molecule has 7 rings (SSSR count). The maximum absolute atomic E-state index is 6.00. The normalized spacial score (nSPS) is 11.4. The van der Waals surface area contributed by atoms with Crippen molar-refractivity contribution in [3.05, 3.63) is 102 Å². The predicted molar refractivity (Wildman–Crippen MR) is 151 cm³/mol. The number of fused-ring (bicyclic) bond motifs is 2. The smallest absolute Gasteiger partial charge is 0.178 e. The number of hydrogen-bond donors (Lipinski definition) is 2. The number of aromatic nitrogens is 6. The van der Waals surface area contributed by atoms with Gasteiger partial charge in [0.15, 0.2) is 11.5 Å². The summed E-state index contributed by atoms with van der Waals surface area (Å²) >= 11 is 1.75. The second-order valence-electron chi connectivity index (χ2n) is 9.07. The van der Waals surface area contributed by atoms with E-state index in [0.717, 1.165) is 50.1 Å². The molecule has 0 unspecified atom stereocenters. The molecule has 0 saturated heterocycles. The maximum Gasteiger partial charge on any atom is 0.178 e. The number of aryl methyl sites for hydroxylation is 1. The molecule has 5 heterocycles. The van der Waals surface area contributed by atoms with Crippen molar-refractivity contribution < 1.29 is 4.74 Å². The molecule has 7 nitrogen and oxygen atoms in total. The molecular weight excluding hydrogens is 492 g/mol. The zero-order valence-electron chi connectivity index (χ0n) is 20.5. The van der Waals surface area contributed by atoms with Crippen LogP contribution in [0.4, 0.5) is 0 Å². The fourth-order valence-corrected chi connectivity index (χ4v) is 5.48. The summed E-state index contributed by atoms with van der Waals surface area (Å²) < 4.78 is 6.00. The molecule has 0 atom stereocenters. The summed E-state index contributed by atoms with van der Waals surface area (Å²) in [5.41, 5.74) is 7.43. The van der Waals surface area contributed by atoms with Gasteiger partial charge in [0.25, 0.3) is 0 Å². The lowest BCUT2D eigenvalue weighted by atomic mass is 10.0. The molecule has 0 amide bonds. The third-order valence-electron chi connectivity index (χ3n) is 6.48. The number of thiophene rings is 1. The Kier molecular flexibility index (Phi) is 5.44. The van der Waals surface area contributed by atoms with Crippen molar-refractivity contribution in [2.75, 3.05) is 0 Å². The Morgan fingerprint density at radius 2 is 1.84 bits per heavy atom. The third kappa shape index (κ3) is 4.10. The predicted octanol–water partition coefficient (Wildman–Crippen LogP) is 7.18. The molecule has 0 aliphatic heterocycles. The lowest BCUT2D eigenvalue weighted by Gasteiger charge is -2.08. The SMILES string of the molecule is Cc1ccc(-c2ccnc3nc(-c4n[nH]c5ccc(-c6cncc(OCc7ccccc7)c6)cc45)[nH]c23)s1. The average Bonchev–Trinajstić information content (AvgIpc) is 3.70. The van der Waals surface area contributed by atoms with Crippen LogP contribution in [-0.2, 0) is 6.61 Å². The van der Waals surface area contributed by atoms with Crippen molar-refractivity contribution in [3.8, 4) is 38.8 Å². The van der Waals surface area contributed by atoms with Crippen LogP contribution in [0.5, 0.6) is 5.75 Å². The van der Waals surface area contributed by atoms with Gasteiger partial charge in [-0.05, 0) is 54.4 Å². The summed E-state index contributed by atoms with van der Waals surface area (Å²) in [5.74, 6) is 1.40. The Labute approximate surface area is 222 Å². The Balaban J connectivity index is 1.24. The molecule has 0 spiro atoms. The van der Waals surface area contributed by atoms with Crippen LogP contribution in [0.15, 0.2) is 91.4 Å². The highest BCUT2D eigenvalue weighted by Crippen LogP contribution is 2.35. The number of H-pyrrole nitrogens is 2. The van der Waals surface area contributed by atoms with E-state index in [1.54, 1.807) is 23.7 Å². The Bertz CT molecular complexity index is 1900. The molecule has 0 radical (unpaired) electrons. The monoisotopic (exact) mass is 514 g/mol. The number of nitrogens with zero attached hydrogens (tertiary/aromatic N) is 4. The molecule has 5 aromatic heterocycles. The van der Waals surface area contributed by atoms with Crippen LogP contribution in [0, 0.1) is 6.92 Å². The van der Waals surface area contributed by atoms with Gasteiger partial charge in [0, 0.05) is 38.7 Å². The van der Waals surface area contributed by atoms with E-state index in [-0.39, 0.29) is 0 Å². The van der Waals surface area contributed by atoms with Crippen molar-refractivity contribution in [1.29, 1.82) is 0 Å². The molecule has 0 saturated carbocycles. The van der Waals surface area contributed by atoms with Crippen LogP contribution < -0.4 is 4.74 Å². The maximum atomic E-state index is 6.00. The van der Waals surface area contributed by atoms with Gasteiger partial charge in [-0.2, -0.15) is 5.10 Å². The lowest BCUT2D eigenvalue weighted by molar-refractivity contribution is 0.305. The van der Waals surface area contributed by atoms with Crippen LogP contribution in [-0.4, -0.2) is 30.1 Å². The summed E-state index contributed by atoms with van der Waals surface area (Å²) in [6, 6.07) is 24.6. The van der Waals surface area contributed by atoms with Crippen LogP contribution in [0.25, 0.3) is 55.2 Å². The number of rotatable bonds is 6. The Hall–Kier alpha value is -4.82. The highest BCUT2D eigenvalue weighted by Gasteiger charge is 2.17. The van der Waals surface area contributed by atoms with Crippen molar-refractivity contribution >= 4 is 33.4 Å². The van der Waals surface area contributed by atoms with Gasteiger partial charge in [-0.1, -0.05) is 36.4 Å². The summed E-state index contributed by atoms with van der Waals surface area (Å²) in [4.78, 5) is 19.6. The minimum atomic E-state index is 0.490. The molecule has 2 N–H and O–H groups in total. The summed E-state index contributed by atoms with van der Waals surface area (Å²) in [6.07, 6.45) is 5.39. The molecule has 2 aromatic carbocycles. The molecule has 38 heavy (non-hydrogen) atoms. The van der Waals surface area contributed by atoms with E-state index in [1.807, 2.05) is 54.7 Å². The van der Waals surface area contributed by atoms with E-state index in [1.165, 1.54) is 9.75 Å². The lowest BCUT2D eigenvalue weighted by Crippen LogP contribution is -1.95. The number of hydrogen-bond acceptors (Lipinski definition) is 6. The van der Waals surface area contributed by atoms with Gasteiger partial charge in [0.1, 0.15) is 18.1 Å². The first-order valence-electron chi connectivity index (χ1n) is 12.2. The van der Waals surface area contributed by atoms with E-state index in [9.17, 15) is 0 Å². The quantitative estimate of drug-likeness (QED) is 0.245. The molecule has 0 aliphatic rings. The van der Waals surface area contributed by atoms with E-state index < -0.39 is 0 Å². The van der Waals surface area contributed by atoms with Crippen molar-refractivity contribution in [2.24, 2.45) is 0 Å². The first-order valence-corrected chi connectivity index (χ1v) is 13.0. The van der Waals surface area contributed by atoms with Gasteiger partial charge >= 0.3 is 0 Å². The molecule has 0 fully saturated rings. The Morgan fingerprint density at radius 1 is 0.921 bits per heavy atom. The number of aromatic amines is 2. The fraction of sp³-hybridized carbons (Fsp3) is 0.0667. The van der Waals surface area contributed by atoms with Crippen LogP contribution in [0.3, 0.4) is 0 Å². The molecule has 184 valence electrons. The number of imidazole rings is 1. The first kappa shape index (κ1) is 22.4. The second kappa shape index (κ2) is 9.24. The largest absolute Gasteiger partial charge is 0.487 e. The Morgan fingerprint density at radius 3 is 2.71 bits per heavy atom. The zero-order chi connectivity index (χ0) is 25.5. The fourth-order valence-electron chi connectivity index (χ4n) is 4.58. The summed E-state index contributed by atoms with van der Waals surface area (Å²) in [5, 5.41) is 8.70. The standard InChI is InChI=1S/C30H22N6OS/c1-18-7-10-26(38-18)23-11-12-32-29-27(23)33-30(34-29)28-24-14-20(8-9-25(24)35-36-28)21-13-22(16-31-15-21)37-17-19-5-3-2-4-6-19/h2-16H,17H2,1H3,(H,35,36)(H,32,33,34). The highest BCUT2D eigenvalue weighted by atomic mass is 32.1. The van der Waals surface area contributed by atoms with Crippen molar-refractivity contribution in [1.82, 2.24) is 30.1 Å². The zero-order valence-corrected chi connectivity index (χ0v) is 21.3. The van der Waals surface area contributed by atoms with Crippen LogP contribution in [0.1, 0.15) is 10.4 Å². The molecule has 0 aliphatic carbocycles. The topological polar surface area (TPSA) is 92.4 Å². The van der Waals surface area contributed by atoms with Gasteiger partial charge in [0.2, 0.25) is 0 Å². The molecule has 0 bridgehead atoms. The van der Waals surface area contributed by atoms with Crippen LogP contribution >= 0.6 is 11.3 Å². The number of pyridine rings is 2. The van der Waals surface area contributed by atoms with E-state index in [2.05, 4.69) is 56.3 Å². The summed E-state index contributed by atoms with van der Waals surface area (Å²) in [6.45, 7) is 2.60. The van der Waals surface area contributed by atoms with Gasteiger partial charge in [-0.15, -0.1) is 11.3 Å². The third-order valence-corrected chi connectivity index (χ3v) is 7.51. The van der Waals surface area contributed by atoms with Crippen molar-refractivity contribution in [2.45, 2.75) is 13.5 Å². The molecular formula is C30H22N6OS. The minimum Gasteiger partial charge on any atom is -0.487 e. The van der Waals surface area contributed by atoms with Crippen LogP contribution in [0.2, 0.25) is 0 Å². The minimum absolute atomic E-state index is 0.490. The van der Waals surface area contributed by atoms with Gasteiger partial charge in [-0.3, -0.25) is 10.1 Å². The molecule has 7 aromatic rings. The average molecular weight is 515 g/mol. The highest BCUT2D eigenvalue weighted by molar-refractivity contribution is 7.15. The molecule has 8 heteroatoms. The summed E-state index contributed by atoms with van der Waals surface area (Å²) in [7, 11) is 0. The van der Waals surface area contributed by atoms with Crippen molar-refractivity contribution in [3.63, 3.8) is 0 Å². The van der Waals surface area contributed by atoms with E-state index in [0.29, 0.717) is 18.1 Å².